The molecule has 1 unspecified atom stereocenters. The zero-order chi connectivity index (χ0) is 15.6. The van der Waals surface area contributed by atoms with Crippen molar-refractivity contribution in [1.82, 2.24) is 9.88 Å². The number of aliphatic carboxylic acids is 1. The van der Waals surface area contributed by atoms with E-state index in [1.807, 2.05) is 0 Å². The van der Waals surface area contributed by atoms with Crippen LogP contribution in [0.15, 0.2) is 22.8 Å². The van der Waals surface area contributed by atoms with Gasteiger partial charge in [0.15, 0.2) is 9.84 Å². The average Bonchev–Trinajstić information content (AvgIpc) is 2.76. The third-order valence-electron chi connectivity index (χ3n) is 3.18. The van der Waals surface area contributed by atoms with Crippen molar-refractivity contribution < 1.29 is 23.1 Å². The van der Waals surface area contributed by atoms with Gasteiger partial charge >= 0.3 is 5.97 Å². The van der Waals surface area contributed by atoms with E-state index >= 15 is 0 Å². The van der Waals surface area contributed by atoms with Gasteiger partial charge < -0.3 is 10.0 Å². The van der Waals surface area contributed by atoms with Gasteiger partial charge in [-0.2, -0.15) is 0 Å². The number of nitrogens with zero attached hydrogens (tertiary/aromatic N) is 2. The van der Waals surface area contributed by atoms with Crippen LogP contribution in [0, 0.1) is 0 Å². The lowest BCUT2D eigenvalue weighted by molar-refractivity contribution is -0.138. The fraction of sp³-hybridized carbons (Fsp3) is 0.417. The molecule has 1 saturated heterocycles. The lowest BCUT2D eigenvalue weighted by Crippen LogP contribution is -2.44. The van der Waals surface area contributed by atoms with Crippen LogP contribution in [0.3, 0.4) is 0 Å². The number of pyridine rings is 1. The van der Waals surface area contributed by atoms with Crippen molar-refractivity contribution in [2.24, 2.45) is 0 Å². The molecule has 1 atom stereocenters. The quantitative estimate of drug-likeness (QED) is 0.822. The Morgan fingerprint density at radius 1 is 1.48 bits per heavy atom. The first-order valence-corrected chi connectivity index (χ1v) is 8.75. The highest BCUT2D eigenvalue weighted by Crippen LogP contribution is 2.22. The van der Waals surface area contributed by atoms with Gasteiger partial charge in [0.2, 0.25) is 0 Å². The van der Waals surface area contributed by atoms with Gasteiger partial charge in [-0.05, 0) is 34.5 Å². The lowest BCUT2D eigenvalue weighted by atomic mass is 10.2. The molecule has 0 saturated carbocycles. The zero-order valence-electron chi connectivity index (χ0n) is 10.9. The molecule has 1 N–H and O–H groups in total. The summed E-state index contributed by atoms with van der Waals surface area (Å²) >= 11 is 3.19. The molecule has 1 aromatic heterocycles. The second kappa shape index (κ2) is 6.10. The molecule has 0 aliphatic carbocycles. The lowest BCUT2D eigenvalue weighted by Gasteiger charge is -2.26. The molecule has 0 radical (unpaired) electrons. The summed E-state index contributed by atoms with van der Waals surface area (Å²) in [6.07, 6.45) is 1.66. The molecule has 7 nitrogen and oxygen atoms in total. The van der Waals surface area contributed by atoms with Crippen molar-refractivity contribution in [3.05, 3.63) is 28.5 Å². The highest BCUT2D eigenvalue weighted by Gasteiger charge is 2.36. The predicted octanol–water partition coefficient (Wildman–Crippen LogP) is 0.558. The van der Waals surface area contributed by atoms with Crippen molar-refractivity contribution in [3.8, 4) is 0 Å². The second-order valence-corrected chi connectivity index (χ2v) is 7.80. The highest BCUT2D eigenvalue weighted by molar-refractivity contribution is 9.10. The molecular weight excluding hydrogens is 364 g/mol. The molecule has 114 valence electrons. The first-order valence-electron chi connectivity index (χ1n) is 6.14. The van der Waals surface area contributed by atoms with Crippen LogP contribution in [0.5, 0.6) is 0 Å². The van der Waals surface area contributed by atoms with Crippen LogP contribution in [-0.4, -0.2) is 59.4 Å². The third kappa shape index (κ3) is 3.79. The molecule has 0 aromatic carbocycles. The number of hydrogen-bond acceptors (Lipinski definition) is 5. The summed E-state index contributed by atoms with van der Waals surface area (Å²) in [5.41, 5.74) is 0.0723. The largest absolute Gasteiger partial charge is 0.480 e. The molecule has 2 heterocycles. The van der Waals surface area contributed by atoms with E-state index < -0.39 is 34.3 Å². The Labute approximate surface area is 130 Å². The SMILES string of the molecule is O=C(O)CN(C(=O)c1ncccc1Br)C1CCS(=O)(=O)C1. The molecule has 1 aliphatic heterocycles. The van der Waals surface area contributed by atoms with E-state index in [4.69, 9.17) is 5.11 Å². The Hall–Kier alpha value is -1.48. The maximum Gasteiger partial charge on any atom is 0.323 e. The first kappa shape index (κ1) is 15.9. The molecule has 2 rings (SSSR count). The summed E-state index contributed by atoms with van der Waals surface area (Å²) in [4.78, 5) is 28.5. The summed E-state index contributed by atoms with van der Waals surface area (Å²) in [6, 6.07) is 2.61. The summed E-state index contributed by atoms with van der Waals surface area (Å²) in [5.74, 6) is -2.03. The number of carboxylic acid groups (broad SMARTS) is 1. The molecule has 21 heavy (non-hydrogen) atoms. The Bertz CT molecular complexity index is 676. The topological polar surface area (TPSA) is 105 Å². The van der Waals surface area contributed by atoms with Crippen LogP contribution in [0.4, 0.5) is 0 Å². The van der Waals surface area contributed by atoms with Gasteiger partial charge in [-0.15, -0.1) is 0 Å². The van der Waals surface area contributed by atoms with Gasteiger partial charge in [0.1, 0.15) is 12.2 Å². The molecule has 9 heteroatoms. The van der Waals surface area contributed by atoms with E-state index in [0.717, 1.165) is 4.90 Å². The van der Waals surface area contributed by atoms with Gasteiger partial charge in [-0.3, -0.25) is 9.59 Å². The first-order chi connectivity index (χ1) is 9.80. The summed E-state index contributed by atoms with van der Waals surface area (Å²) in [6.45, 7) is -0.554. The molecule has 0 spiro atoms. The van der Waals surface area contributed by atoms with Gasteiger partial charge in [-0.1, -0.05) is 0 Å². The number of amides is 1. The minimum absolute atomic E-state index is 0.0372. The van der Waals surface area contributed by atoms with Gasteiger partial charge in [-0.25, -0.2) is 13.4 Å². The highest BCUT2D eigenvalue weighted by atomic mass is 79.9. The number of halogens is 1. The maximum absolute atomic E-state index is 12.5. The number of carbonyl (C=O) groups is 2. The van der Waals surface area contributed by atoms with E-state index in [1.54, 1.807) is 12.1 Å². The van der Waals surface area contributed by atoms with Crippen LogP contribution in [0.2, 0.25) is 0 Å². The van der Waals surface area contributed by atoms with Gasteiger partial charge in [0, 0.05) is 16.7 Å². The number of carboxylic acids is 1. The van der Waals surface area contributed by atoms with Gasteiger partial charge in [0.05, 0.1) is 11.5 Å². The Morgan fingerprint density at radius 3 is 2.71 bits per heavy atom. The van der Waals surface area contributed by atoms with E-state index in [1.165, 1.54) is 6.20 Å². The zero-order valence-corrected chi connectivity index (χ0v) is 13.3. The normalized spacial score (nSPS) is 20.1. The van der Waals surface area contributed by atoms with E-state index in [-0.39, 0.29) is 23.6 Å². The minimum Gasteiger partial charge on any atom is -0.480 e. The Kier molecular flexibility index (Phi) is 4.62. The van der Waals surface area contributed by atoms with Crippen molar-refractivity contribution in [2.45, 2.75) is 12.5 Å². The number of aromatic nitrogens is 1. The average molecular weight is 377 g/mol. The van der Waals surface area contributed by atoms with E-state index in [2.05, 4.69) is 20.9 Å². The predicted molar refractivity (Wildman–Crippen MR) is 77.7 cm³/mol. The molecule has 1 aromatic rings. The summed E-state index contributed by atoms with van der Waals surface area (Å²) in [5, 5.41) is 8.96. The smallest absolute Gasteiger partial charge is 0.323 e. The second-order valence-electron chi connectivity index (χ2n) is 4.72. The monoisotopic (exact) mass is 376 g/mol. The molecule has 1 amide bonds. The number of carbonyl (C=O) groups excluding carboxylic acids is 1. The Balaban J connectivity index is 2.30. The summed E-state index contributed by atoms with van der Waals surface area (Å²) < 4.78 is 23.5. The minimum atomic E-state index is -3.22. The van der Waals surface area contributed by atoms with Crippen molar-refractivity contribution in [3.63, 3.8) is 0 Å². The molecular formula is C12H13BrN2O5S. The van der Waals surface area contributed by atoms with E-state index in [9.17, 15) is 18.0 Å². The van der Waals surface area contributed by atoms with Crippen LogP contribution in [0.25, 0.3) is 0 Å². The number of hydrogen-bond donors (Lipinski definition) is 1. The standard InChI is InChI=1S/C12H13BrN2O5S/c13-9-2-1-4-14-11(9)12(18)15(6-10(16)17)8-3-5-21(19,20)7-8/h1-2,4,8H,3,5-7H2,(H,16,17). The maximum atomic E-state index is 12.5. The van der Waals surface area contributed by atoms with Crippen LogP contribution >= 0.6 is 15.9 Å². The fourth-order valence-corrected chi connectivity index (χ4v) is 4.37. The molecule has 1 aliphatic rings. The molecule has 0 bridgehead atoms. The van der Waals surface area contributed by atoms with Crippen LogP contribution in [-0.2, 0) is 14.6 Å². The fourth-order valence-electron chi connectivity index (χ4n) is 2.21. The van der Waals surface area contributed by atoms with Crippen molar-refractivity contribution in [1.29, 1.82) is 0 Å². The van der Waals surface area contributed by atoms with Crippen molar-refractivity contribution >= 4 is 37.6 Å². The Morgan fingerprint density at radius 2 is 2.19 bits per heavy atom. The third-order valence-corrected chi connectivity index (χ3v) is 5.57. The van der Waals surface area contributed by atoms with Crippen LogP contribution in [0.1, 0.15) is 16.9 Å². The summed E-state index contributed by atoms with van der Waals surface area (Å²) in [7, 11) is -3.22. The van der Waals surface area contributed by atoms with Gasteiger partial charge in [0.25, 0.3) is 5.91 Å². The van der Waals surface area contributed by atoms with Crippen LogP contribution < -0.4 is 0 Å². The number of rotatable bonds is 4. The van der Waals surface area contributed by atoms with Crippen molar-refractivity contribution in [2.75, 3.05) is 18.1 Å². The van der Waals surface area contributed by atoms with E-state index in [0.29, 0.717) is 4.47 Å². The number of sulfone groups is 1. The molecule has 1 fully saturated rings.